The molecule has 0 bridgehead atoms. The van der Waals surface area contributed by atoms with Crippen molar-refractivity contribution in [3.63, 3.8) is 0 Å². The fraction of sp³-hybridized carbons (Fsp3) is 0.500. The van der Waals surface area contributed by atoms with Crippen LogP contribution in [0.15, 0.2) is 16.8 Å². The Labute approximate surface area is 83.0 Å². The van der Waals surface area contributed by atoms with Gasteiger partial charge in [-0.2, -0.15) is 11.3 Å². The molecule has 1 N–H and O–H groups in total. The zero-order valence-electron chi connectivity index (χ0n) is 8.04. The Morgan fingerprint density at radius 3 is 3.00 bits per heavy atom. The predicted molar refractivity (Wildman–Crippen MR) is 55.9 cm³/mol. The lowest BCUT2D eigenvalue weighted by Gasteiger charge is -2.10. The van der Waals surface area contributed by atoms with Crippen LogP contribution in [-0.2, 0) is 11.2 Å². The van der Waals surface area contributed by atoms with Crippen LogP contribution in [0.3, 0.4) is 0 Å². The normalized spacial score (nSPS) is 12.5. The van der Waals surface area contributed by atoms with Gasteiger partial charge < -0.3 is 5.32 Å². The van der Waals surface area contributed by atoms with Crippen molar-refractivity contribution in [2.45, 2.75) is 32.7 Å². The monoisotopic (exact) mass is 197 g/mol. The first-order chi connectivity index (χ1) is 6.22. The third kappa shape index (κ3) is 3.59. The molecule has 72 valence electrons. The van der Waals surface area contributed by atoms with E-state index in [9.17, 15) is 4.79 Å². The van der Waals surface area contributed by atoms with E-state index in [2.05, 4.69) is 12.2 Å². The van der Waals surface area contributed by atoms with Crippen LogP contribution in [0.5, 0.6) is 0 Å². The maximum absolute atomic E-state index is 11.4. The number of rotatable bonds is 4. The average Bonchev–Trinajstić information content (AvgIpc) is 2.56. The van der Waals surface area contributed by atoms with Crippen molar-refractivity contribution in [3.8, 4) is 0 Å². The molecule has 13 heavy (non-hydrogen) atoms. The van der Waals surface area contributed by atoms with Crippen LogP contribution in [-0.4, -0.2) is 11.9 Å². The molecule has 1 amide bonds. The molecule has 1 aromatic heterocycles. The minimum Gasteiger partial charge on any atom is -0.353 e. The number of amides is 1. The molecule has 1 aromatic rings. The van der Waals surface area contributed by atoms with Gasteiger partial charge in [-0.1, -0.05) is 6.92 Å². The molecular formula is C10H15NOS. The van der Waals surface area contributed by atoms with E-state index in [1.807, 2.05) is 23.8 Å². The molecule has 3 heteroatoms. The molecule has 0 aromatic carbocycles. The van der Waals surface area contributed by atoms with Crippen molar-refractivity contribution in [1.82, 2.24) is 5.32 Å². The second kappa shape index (κ2) is 5.02. The van der Waals surface area contributed by atoms with Crippen LogP contribution in [0.25, 0.3) is 0 Å². The minimum absolute atomic E-state index is 0.118. The summed E-state index contributed by atoms with van der Waals surface area (Å²) in [6.45, 7) is 4.08. The van der Waals surface area contributed by atoms with E-state index >= 15 is 0 Å². The largest absolute Gasteiger partial charge is 0.353 e. The van der Waals surface area contributed by atoms with Crippen LogP contribution in [0.4, 0.5) is 0 Å². The molecule has 0 saturated carbocycles. The fourth-order valence-electron chi connectivity index (χ4n) is 1.01. The maximum Gasteiger partial charge on any atom is 0.224 e. The summed E-state index contributed by atoms with van der Waals surface area (Å²) in [6, 6.07) is 2.27. The van der Waals surface area contributed by atoms with Crippen LogP contribution in [0.1, 0.15) is 25.8 Å². The Hall–Kier alpha value is -0.830. The van der Waals surface area contributed by atoms with Gasteiger partial charge in [0.05, 0.1) is 6.42 Å². The molecule has 0 aliphatic rings. The topological polar surface area (TPSA) is 29.1 Å². The first-order valence-corrected chi connectivity index (χ1v) is 5.47. The summed E-state index contributed by atoms with van der Waals surface area (Å²) in [5.74, 6) is 0.118. The third-order valence-corrected chi connectivity index (χ3v) is 2.70. The Morgan fingerprint density at radius 1 is 1.69 bits per heavy atom. The molecular weight excluding hydrogens is 182 g/mol. The maximum atomic E-state index is 11.4. The zero-order chi connectivity index (χ0) is 9.68. The Balaban J connectivity index is 2.34. The van der Waals surface area contributed by atoms with Gasteiger partial charge in [0.25, 0.3) is 0 Å². The highest BCUT2D eigenvalue weighted by atomic mass is 32.1. The number of hydrogen-bond donors (Lipinski definition) is 1. The third-order valence-electron chi connectivity index (χ3n) is 1.96. The summed E-state index contributed by atoms with van der Waals surface area (Å²) in [4.78, 5) is 11.4. The molecule has 1 unspecified atom stereocenters. The molecule has 0 fully saturated rings. The highest BCUT2D eigenvalue weighted by Gasteiger charge is 2.05. The van der Waals surface area contributed by atoms with Crippen molar-refractivity contribution in [3.05, 3.63) is 22.4 Å². The molecule has 0 aliphatic carbocycles. The van der Waals surface area contributed by atoms with Gasteiger partial charge in [0.2, 0.25) is 5.91 Å². The summed E-state index contributed by atoms with van der Waals surface area (Å²) in [5.41, 5.74) is 1.10. The molecule has 1 heterocycles. The molecule has 1 atom stereocenters. The van der Waals surface area contributed by atoms with E-state index in [-0.39, 0.29) is 11.9 Å². The van der Waals surface area contributed by atoms with E-state index in [1.54, 1.807) is 11.3 Å². The van der Waals surface area contributed by atoms with E-state index in [0.717, 1.165) is 12.0 Å². The Morgan fingerprint density at radius 2 is 2.46 bits per heavy atom. The molecule has 1 rings (SSSR count). The van der Waals surface area contributed by atoms with Gasteiger partial charge >= 0.3 is 0 Å². The average molecular weight is 197 g/mol. The van der Waals surface area contributed by atoms with Crippen molar-refractivity contribution >= 4 is 17.2 Å². The lowest BCUT2D eigenvalue weighted by molar-refractivity contribution is -0.121. The summed E-state index contributed by atoms with van der Waals surface area (Å²) in [5, 5.41) is 6.94. The predicted octanol–water partition coefficient (Wildman–Crippen LogP) is 2.21. The van der Waals surface area contributed by atoms with Crippen molar-refractivity contribution in [2.24, 2.45) is 0 Å². The number of carbonyl (C=O) groups excluding carboxylic acids is 1. The van der Waals surface area contributed by atoms with Gasteiger partial charge in [-0.05, 0) is 35.7 Å². The smallest absolute Gasteiger partial charge is 0.224 e. The summed E-state index contributed by atoms with van der Waals surface area (Å²) >= 11 is 1.63. The van der Waals surface area contributed by atoms with Gasteiger partial charge in [-0.25, -0.2) is 0 Å². The number of carbonyl (C=O) groups is 1. The van der Waals surface area contributed by atoms with Gasteiger partial charge in [-0.3, -0.25) is 4.79 Å². The molecule has 0 radical (unpaired) electrons. The highest BCUT2D eigenvalue weighted by Crippen LogP contribution is 2.06. The van der Waals surface area contributed by atoms with Crippen molar-refractivity contribution < 1.29 is 4.79 Å². The van der Waals surface area contributed by atoms with Crippen LogP contribution < -0.4 is 5.32 Å². The highest BCUT2D eigenvalue weighted by molar-refractivity contribution is 7.07. The van der Waals surface area contributed by atoms with Gasteiger partial charge in [0.1, 0.15) is 0 Å². The summed E-state index contributed by atoms with van der Waals surface area (Å²) in [6.07, 6.45) is 1.49. The number of thiophene rings is 1. The first kappa shape index (κ1) is 10.3. The van der Waals surface area contributed by atoms with Gasteiger partial charge in [0.15, 0.2) is 0 Å². The molecule has 0 saturated heterocycles. The van der Waals surface area contributed by atoms with E-state index in [4.69, 9.17) is 0 Å². The van der Waals surface area contributed by atoms with Gasteiger partial charge in [0, 0.05) is 6.04 Å². The first-order valence-electron chi connectivity index (χ1n) is 4.52. The van der Waals surface area contributed by atoms with E-state index in [0.29, 0.717) is 6.42 Å². The van der Waals surface area contributed by atoms with E-state index in [1.165, 1.54) is 0 Å². The van der Waals surface area contributed by atoms with Crippen LogP contribution in [0.2, 0.25) is 0 Å². The quantitative estimate of drug-likeness (QED) is 0.787. The standard InChI is InChI=1S/C10H15NOS/c1-3-8(2)11-10(12)6-9-4-5-13-7-9/h4-5,7-8H,3,6H2,1-2H3,(H,11,12). The van der Waals surface area contributed by atoms with Gasteiger partial charge in [-0.15, -0.1) is 0 Å². The lowest BCUT2D eigenvalue weighted by Crippen LogP contribution is -2.32. The second-order valence-electron chi connectivity index (χ2n) is 3.19. The molecule has 0 aliphatic heterocycles. The van der Waals surface area contributed by atoms with Crippen LogP contribution >= 0.6 is 11.3 Å². The second-order valence-corrected chi connectivity index (χ2v) is 3.97. The molecule has 2 nitrogen and oxygen atoms in total. The van der Waals surface area contributed by atoms with Crippen LogP contribution in [0, 0.1) is 0 Å². The van der Waals surface area contributed by atoms with E-state index < -0.39 is 0 Å². The van der Waals surface area contributed by atoms with Crippen molar-refractivity contribution in [2.75, 3.05) is 0 Å². The zero-order valence-corrected chi connectivity index (χ0v) is 8.86. The lowest BCUT2D eigenvalue weighted by atomic mass is 10.2. The minimum atomic E-state index is 0.118. The molecule has 0 spiro atoms. The number of hydrogen-bond acceptors (Lipinski definition) is 2. The summed E-state index contributed by atoms with van der Waals surface area (Å²) < 4.78 is 0. The Kier molecular flexibility index (Phi) is 3.96. The fourth-order valence-corrected chi connectivity index (χ4v) is 1.68. The summed E-state index contributed by atoms with van der Waals surface area (Å²) in [7, 11) is 0. The SMILES string of the molecule is CCC(C)NC(=O)Cc1ccsc1. The number of nitrogens with one attached hydrogen (secondary N) is 1. The van der Waals surface area contributed by atoms with Crippen molar-refractivity contribution in [1.29, 1.82) is 0 Å². The Bertz CT molecular complexity index is 256.